The summed E-state index contributed by atoms with van der Waals surface area (Å²) < 4.78 is 6.02. The lowest BCUT2D eigenvalue weighted by atomic mass is 9.76. The number of imide groups is 1. The molecule has 0 spiro atoms. The second-order valence-corrected chi connectivity index (χ2v) is 12.8. The van der Waals surface area contributed by atoms with E-state index < -0.39 is 0 Å². The molecule has 1 aromatic carbocycles. The highest BCUT2D eigenvalue weighted by Gasteiger charge is 2.61. The average molecular weight is 509 g/mol. The molecule has 3 aliphatic carbocycles. The third-order valence-corrected chi connectivity index (χ3v) is 10.7. The third-order valence-electron chi connectivity index (χ3n) is 9.84. The molecule has 36 heavy (non-hydrogen) atoms. The Bertz CT molecular complexity index is 1100. The van der Waals surface area contributed by atoms with Crippen molar-refractivity contribution in [3.8, 4) is 0 Å². The van der Waals surface area contributed by atoms with E-state index in [0.717, 1.165) is 31.8 Å². The number of fused-ring (bicyclic) bond motifs is 6. The van der Waals surface area contributed by atoms with Crippen molar-refractivity contribution < 1.29 is 9.59 Å². The second kappa shape index (κ2) is 10.1. The monoisotopic (exact) mass is 508 g/mol. The summed E-state index contributed by atoms with van der Waals surface area (Å²) >= 11 is 1.63. The number of likely N-dealkylation sites (tertiary alicyclic amines) is 1. The van der Waals surface area contributed by atoms with Crippen molar-refractivity contribution in [1.29, 1.82) is 0 Å². The lowest BCUT2D eigenvalue weighted by Crippen LogP contribution is -2.48. The van der Waals surface area contributed by atoms with Crippen LogP contribution >= 0.6 is 11.5 Å². The van der Waals surface area contributed by atoms with Gasteiger partial charge in [0.2, 0.25) is 11.8 Å². The van der Waals surface area contributed by atoms with Gasteiger partial charge in [0.25, 0.3) is 0 Å². The van der Waals surface area contributed by atoms with Gasteiger partial charge in [0, 0.05) is 45.2 Å². The quantitative estimate of drug-likeness (QED) is 0.553. The summed E-state index contributed by atoms with van der Waals surface area (Å²) in [5.74, 6) is 4.06. The van der Waals surface area contributed by atoms with Gasteiger partial charge in [-0.15, -0.1) is 0 Å². The van der Waals surface area contributed by atoms with Gasteiger partial charge in [-0.1, -0.05) is 38.3 Å². The number of hydrogen-bond donors (Lipinski definition) is 0. The first-order valence-corrected chi connectivity index (χ1v) is 14.9. The molecule has 2 aliphatic heterocycles. The summed E-state index contributed by atoms with van der Waals surface area (Å²) in [5.41, 5.74) is 0. The SMILES string of the molecule is CC1C[C@H]2C[C@@H]1C1C(=O)N(C)C(=O)[C@@H]12.c1ccc2c(N3CCN(CC4CCCCC4)CC3)nsc2c1. The molecule has 1 aromatic heterocycles. The summed E-state index contributed by atoms with van der Waals surface area (Å²) in [6.45, 7) is 8.19. The number of rotatable bonds is 3. The van der Waals surface area contributed by atoms with E-state index in [0.29, 0.717) is 17.8 Å². The molecule has 6 nitrogen and oxygen atoms in total. The lowest BCUT2D eigenvalue weighted by Gasteiger charge is -2.37. The number of hydrogen-bond acceptors (Lipinski definition) is 6. The Labute approximate surface area is 219 Å². The van der Waals surface area contributed by atoms with E-state index in [1.807, 2.05) is 0 Å². The van der Waals surface area contributed by atoms with E-state index in [9.17, 15) is 9.59 Å². The number of nitrogens with zero attached hydrogens (tertiary/aromatic N) is 4. The van der Waals surface area contributed by atoms with Crippen LogP contribution in [0.5, 0.6) is 0 Å². The zero-order valence-electron chi connectivity index (χ0n) is 21.8. The van der Waals surface area contributed by atoms with E-state index in [2.05, 4.69) is 41.0 Å². The molecule has 194 valence electrons. The van der Waals surface area contributed by atoms with Crippen molar-refractivity contribution in [2.24, 2.45) is 35.5 Å². The molecule has 5 aliphatic rings. The number of anilines is 1. The molecule has 0 N–H and O–H groups in total. The molecule has 2 amide bonds. The molecular weight excluding hydrogens is 468 g/mol. The van der Waals surface area contributed by atoms with Gasteiger partial charge in [0.05, 0.1) is 16.5 Å². The van der Waals surface area contributed by atoms with Crippen molar-refractivity contribution in [1.82, 2.24) is 14.2 Å². The van der Waals surface area contributed by atoms with E-state index >= 15 is 0 Å². The number of carbonyl (C=O) groups excluding carboxylic acids is 2. The van der Waals surface area contributed by atoms with Crippen LogP contribution in [0, 0.1) is 35.5 Å². The van der Waals surface area contributed by atoms with Gasteiger partial charge < -0.3 is 4.90 Å². The van der Waals surface area contributed by atoms with Crippen molar-refractivity contribution in [3.05, 3.63) is 24.3 Å². The van der Waals surface area contributed by atoms with Gasteiger partial charge in [-0.25, -0.2) is 0 Å². The summed E-state index contributed by atoms with van der Waals surface area (Å²) in [6.07, 6.45) is 9.54. The van der Waals surface area contributed by atoms with Crippen LogP contribution in [0.4, 0.5) is 5.82 Å². The Kier molecular flexibility index (Phi) is 6.80. The zero-order chi connectivity index (χ0) is 24.8. The molecule has 0 radical (unpaired) electrons. The van der Waals surface area contributed by atoms with E-state index in [4.69, 9.17) is 4.37 Å². The third kappa shape index (κ3) is 4.36. The van der Waals surface area contributed by atoms with Gasteiger partial charge >= 0.3 is 0 Å². The fourth-order valence-electron chi connectivity index (χ4n) is 7.91. The standard InChI is InChI=1S/C18H25N3S.C11H15NO2/c1-2-6-15(7-3-1)14-20-10-12-21(13-11-20)18-16-8-4-5-9-17(16)22-19-18;1-5-3-6-4-7(5)9-8(6)10(13)12(2)11(9)14/h4-5,8-9,15H,1-3,6-7,10-14H2;5-9H,3-4H2,1-2H3/t;5?,6-,7-,8+,9?/m.0/s1. The fraction of sp³-hybridized carbons (Fsp3) is 0.690. The van der Waals surface area contributed by atoms with Crippen LogP contribution in [0.15, 0.2) is 24.3 Å². The highest BCUT2D eigenvalue weighted by molar-refractivity contribution is 7.13. The molecule has 7 rings (SSSR count). The Balaban J connectivity index is 0.000000147. The molecule has 7 heteroatoms. The van der Waals surface area contributed by atoms with Crippen LogP contribution in [-0.4, -0.2) is 65.8 Å². The average Bonchev–Trinajstić information content (AvgIpc) is 3.65. The van der Waals surface area contributed by atoms with Crippen LogP contribution < -0.4 is 4.90 Å². The Hall–Kier alpha value is -1.99. The Morgan fingerprint density at radius 1 is 0.944 bits per heavy atom. The zero-order valence-corrected chi connectivity index (χ0v) is 22.6. The van der Waals surface area contributed by atoms with Crippen LogP contribution in [0.3, 0.4) is 0 Å². The van der Waals surface area contributed by atoms with Crippen LogP contribution in [-0.2, 0) is 9.59 Å². The predicted octanol–water partition coefficient (Wildman–Crippen LogP) is 4.89. The first-order valence-electron chi connectivity index (χ1n) is 14.1. The minimum absolute atomic E-state index is 0.0428. The highest BCUT2D eigenvalue weighted by Crippen LogP contribution is 2.58. The summed E-state index contributed by atoms with van der Waals surface area (Å²) in [5, 5.41) is 1.33. The van der Waals surface area contributed by atoms with Gasteiger partial charge in [0.1, 0.15) is 5.82 Å². The minimum atomic E-state index is 0.0428. The van der Waals surface area contributed by atoms with E-state index in [-0.39, 0.29) is 23.7 Å². The van der Waals surface area contributed by atoms with Gasteiger partial charge in [-0.2, -0.15) is 4.37 Å². The topological polar surface area (TPSA) is 56.8 Å². The van der Waals surface area contributed by atoms with E-state index in [1.54, 1.807) is 18.6 Å². The van der Waals surface area contributed by atoms with Crippen molar-refractivity contribution in [2.45, 2.75) is 51.9 Å². The molecule has 3 heterocycles. The fourth-order valence-corrected chi connectivity index (χ4v) is 8.71. The summed E-state index contributed by atoms with van der Waals surface area (Å²) in [7, 11) is 1.63. The summed E-state index contributed by atoms with van der Waals surface area (Å²) in [4.78, 5) is 30.2. The van der Waals surface area contributed by atoms with Crippen molar-refractivity contribution >= 4 is 39.3 Å². The van der Waals surface area contributed by atoms with Crippen molar-refractivity contribution in [3.63, 3.8) is 0 Å². The molecule has 5 fully saturated rings. The second-order valence-electron chi connectivity index (χ2n) is 12.0. The van der Waals surface area contributed by atoms with Gasteiger partial charge in [0.15, 0.2) is 0 Å². The maximum Gasteiger partial charge on any atom is 0.233 e. The maximum atomic E-state index is 11.8. The van der Waals surface area contributed by atoms with Gasteiger partial charge in [-0.05, 0) is 73.0 Å². The van der Waals surface area contributed by atoms with E-state index in [1.165, 1.54) is 72.5 Å². The smallest absolute Gasteiger partial charge is 0.233 e. The summed E-state index contributed by atoms with van der Waals surface area (Å²) in [6, 6.07) is 8.62. The first kappa shape index (κ1) is 24.4. The van der Waals surface area contributed by atoms with Gasteiger partial charge in [-0.3, -0.25) is 19.4 Å². The number of benzene rings is 1. The highest BCUT2D eigenvalue weighted by atomic mass is 32.1. The molecule has 2 bridgehead atoms. The number of carbonyl (C=O) groups is 2. The molecular formula is C29H40N4O2S. The molecule has 2 unspecified atom stereocenters. The van der Waals surface area contributed by atoms with Crippen LogP contribution in [0.2, 0.25) is 0 Å². The van der Waals surface area contributed by atoms with Crippen LogP contribution in [0.25, 0.3) is 10.1 Å². The van der Waals surface area contributed by atoms with Crippen molar-refractivity contribution in [2.75, 3.05) is 44.7 Å². The first-order chi connectivity index (χ1) is 17.5. The molecule has 3 saturated carbocycles. The number of aromatic nitrogens is 1. The largest absolute Gasteiger partial charge is 0.353 e. The maximum absolute atomic E-state index is 11.8. The molecule has 2 saturated heterocycles. The number of amides is 2. The Morgan fingerprint density at radius 2 is 1.67 bits per heavy atom. The number of piperazine rings is 1. The van der Waals surface area contributed by atoms with Crippen LogP contribution in [0.1, 0.15) is 51.9 Å². The normalized spacial score (nSPS) is 32.8. The lowest BCUT2D eigenvalue weighted by molar-refractivity contribution is -0.139. The molecule has 5 atom stereocenters. The Morgan fingerprint density at radius 3 is 2.44 bits per heavy atom. The minimum Gasteiger partial charge on any atom is -0.353 e. The molecule has 2 aromatic rings. The predicted molar refractivity (Wildman–Crippen MR) is 145 cm³/mol.